The lowest BCUT2D eigenvalue weighted by atomic mass is 10.1. The van der Waals surface area contributed by atoms with Crippen LogP contribution in [0.1, 0.15) is 5.69 Å². The van der Waals surface area contributed by atoms with Crippen molar-refractivity contribution < 1.29 is 13.3 Å². The molecule has 3 aromatic heterocycles. The largest absolute Gasteiger partial charge is 0.334 e. The Balaban J connectivity index is 1.79. The van der Waals surface area contributed by atoms with Gasteiger partial charge < -0.3 is 4.52 Å². The fourth-order valence-electron chi connectivity index (χ4n) is 2.61. The molecular formula is C19H11ClF2N4O. The number of pyridine rings is 2. The van der Waals surface area contributed by atoms with Crippen molar-refractivity contribution in [1.29, 1.82) is 0 Å². The van der Waals surface area contributed by atoms with E-state index in [0.29, 0.717) is 16.3 Å². The SMILES string of the molecule is Cc1nc(-c2noc(-c3cccc(Cl)c3)n2)cc(-c2cncc(F)c2)c1F. The number of aromatic nitrogens is 4. The number of rotatable bonds is 3. The molecule has 5 nitrogen and oxygen atoms in total. The van der Waals surface area contributed by atoms with Crippen molar-refractivity contribution >= 4 is 11.6 Å². The molecule has 1 aromatic carbocycles. The van der Waals surface area contributed by atoms with Crippen LogP contribution in [0.15, 0.2) is 53.3 Å². The first-order valence-electron chi connectivity index (χ1n) is 7.89. The molecule has 0 aliphatic rings. The summed E-state index contributed by atoms with van der Waals surface area (Å²) in [4.78, 5) is 12.2. The van der Waals surface area contributed by atoms with E-state index in [-0.39, 0.29) is 28.5 Å². The molecule has 8 heteroatoms. The van der Waals surface area contributed by atoms with Crippen LogP contribution in [0.3, 0.4) is 0 Å². The van der Waals surface area contributed by atoms with Crippen LogP contribution >= 0.6 is 11.6 Å². The van der Waals surface area contributed by atoms with Gasteiger partial charge in [0, 0.05) is 27.9 Å². The molecule has 0 N–H and O–H groups in total. The Kier molecular flexibility index (Phi) is 4.37. The second kappa shape index (κ2) is 6.85. The Morgan fingerprint density at radius 2 is 1.85 bits per heavy atom. The molecule has 0 saturated heterocycles. The Labute approximate surface area is 157 Å². The van der Waals surface area contributed by atoms with Gasteiger partial charge in [0.15, 0.2) is 5.82 Å². The maximum Gasteiger partial charge on any atom is 0.258 e. The minimum Gasteiger partial charge on any atom is -0.334 e. The lowest BCUT2D eigenvalue weighted by Crippen LogP contribution is -1.97. The first-order chi connectivity index (χ1) is 13.0. The van der Waals surface area contributed by atoms with E-state index in [1.807, 2.05) is 0 Å². The molecule has 0 radical (unpaired) electrons. The van der Waals surface area contributed by atoms with Crippen LogP contribution in [-0.4, -0.2) is 20.1 Å². The van der Waals surface area contributed by atoms with Crippen LogP contribution in [-0.2, 0) is 0 Å². The molecule has 0 aliphatic heterocycles. The molecule has 0 amide bonds. The molecule has 4 rings (SSSR count). The van der Waals surface area contributed by atoms with Crippen molar-refractivity contribution in [1.82, 2.24) is 20.1 Å². The molecule has 27 heavy (non-hydrogen) atoms. The summed E-state index contributed by atoms with van der Waals surface area (Å²) in [6, 6.07) is 9.58. The summed E-state index contributed by atoms with van der Waals surface area (Å²) in [5.74, 6) is -0.695. The van der Waals surface area contributed by atoms with Crippen molar-refractivity contribution in [3.05, 3.63) is 71.1 Å². The van der Waals surface area contributed by atoms with Gasteiger partial charge in [0.25, 0.3) is 5.89 Å². The van der Waals surface area contributed by atoms with E-state index in [1.165, 1.54) is 25.3 Å². The lowest BCUT2D eigenvalue weighted by molar-refractivity contribution is 0.432. The third-order valence-corrected chi connectivity index (χ3v) is 4.10. The van der Waals surface area contributed by atoms with E-state index < -0.39 is 11.6 Å². The van der Waals surface area contributed by atoms with Crippen LogP contribution in [0, 0.1) is 18.6 Å². The van der Waals surface area contributed by atoms with Gasteiger partial charge >= 0.3 is 0 Å². The minimum atomic E-state index is -0.565. The van der Waals surface area contributed by atoms with Gasteiger partial charge in [0.05, 0.1) is 11.9 Å². The average molecular weight is 385 g/mol. The van der Waals surface area contributed by atoms with Crippen LogP contribution < -0.4 is 0 Å². The van der Waals surface area contributed by atoms with Gasteiger partial charge in [-0.15, -0.1) is 0 Å². The van der Waals surface area contributed by atoms with Crippen LogP contribution in [0.25, 0.3) is 34.1 Å². The summed E-state index contributed by atoms with van der Waals surface area (Å²) in [5, 5.41) is 4.44. The molecule has 4 aromatic rings. The Morgan fingerprint density at radius 1 is 1.00 bits per heavy atom. The van der Waals surface area contributed by atoms with Gasteiger partial charge in [-0.3, -0.25) is 4.98 Å². The quantitative estimate of drug-likeness (QED) is 0.491. The molecule has 0 spiro atoms. The highest BCUT2D eigenvalue weighted by Crippen LogP contribution is 2.29. The Morgan fingerprint density at radius 3 is 2.63 bits per heavy atom. The van der Waals surface area contributed by atoms with Crippen LogP contribution in [0.2, 0.25) is 5.02 Å². The van der Waals surface area contributed by atoms with Crippen molar-refractivity contribution in [2.24, 2.45) is 0 Å². The zero-order valence-electron chi connectivity index (χ0n) is 13.9. The molecule has 0 aliphatic carbocycles. The molecule has 0 bridgehead atoms. The highest BCUT2D eigenvalue weighted by molar-refractivity contribution is 6.30. The van der Waals surface area contributed by atoms with E-state index in [4.69, 9.17) is 16.1 Å². The van der Waals surface area contributed by atoms with Gasteiger partial charge in [-0.05, 0) is 37.3 Å². The van der Waals surface area contributed by atoms with E-state index in [2.05, 4.69) is 20.1 Å². The number of hydrogen-bond donors (Lipinski definition) is 0. The first-order valence-corrected chi connectivity index (χ1v) is 8.27. The number of nitrogens with zero attached hydrogens (tertiary/aromatic N) is 4. The van der Waals surface area contributed by atoms with Gasteiger partial charge in [-0.2, -0.15) is 4.98 Å². The second-order valence-corrected chi connectivity index (χ2v) is 6.22. The molecule has 0 unspecified atom stereocenters. The van der Waals surface area contributed by atoms with E-state index in [0.717, 1.165) is 6.20 Å². The molecule has 0 saturated carbocycles. The van der Waals surface area contributed by atoms with E-state index in [1.54, 1.807) is 24.3 Å². The summed E-state index contributed by atoms with van der Waals surface area (Å²) in [7, 11) is 0. The Bertz CT molecular complexity index is 1150. The fraction of sp³-hybridized carbons (Fsp3) is 0.0526. The number of halogens is 3. The lowest BCUT2D eigenvalue weighted by Gasteiger charge is -2.07. The molecule has 0 atom stereocenters. The van der Waals surface area contributed by atoms with Gasteiger partial charge in [0.2, 0.25) is 5.82 Å². The summed E-state index contributed by atoms with van der Waals surface area (Å²) < 4.78 is 33.3. The normalized spacial score (nSPS) is 11.0. The van der Waals surface area contributed by atoms with Crippen LogP contribution in [0.4, 0.5) is 8.78 Å². The van der Waals surface area contributed by atoms with E-state index in [9.17, 15) is 8.78 Å². The summed E-state index contributed by atoms with van der Waals surface area (Å²) in [6.45, 7) is 1.51. The van der Waals surface area contributed by atoms with Gasteiger partial charge in [0.1, 0.15) is 11.5 Å². The topological polar surface area (TPSA) is 64.7 Å². The smallest absolute Gasteiger partial charge is 0.258 e. The summed E-state index contributed by atoms with van der Waals surface area (Å²) in [5.41, 5.74) is 1.51. The third-order valence-electron chi connectivity index (χ3n) is 3.87. The predicted molar refractivity (Wildman–Crippen MR) is 95.9 cm³/mol. The maximum absolute atomic E-state index is 14.5. The highest BCUT2D eigenvalue weighted by Gasteiger charge is 2.17. The summed E-state index contributed by atoms with van der Waals surface area (Å²) >= 11 is 5.98. The Hall–Kier alpha value is -3.19. The monoisotopic (exact) mass is 384 g/mol. The van der Waals surface area contributed by atoms with Gasteiger partial charge in [-0.1, -0.05) is 22.8 Å². The molecule has 3 heterocycles. The maximum atomic E-state index is 14.5. The summed E-state index contributed by atoms with van der Waals surface area (Å²) in [6.07, 6.45) is 2.42. The van der Waals surface area contributed by atoms with Crippen molar-refractivity contribution in [2.45, 2.75) is 6.92 Å². The predicted octanol–water partition coefficient (Wildman–Crippen LogP) is 5.10. The average Bonchev–Trinajstić information content (AvgIpc) is 3.14. The standard InChI is InChI=1S/C19H11ClF2N4O/c1-10-17(22)15(12-6-14(21)9-23-8-12)7-16(24-10)18-25-19(27-26-18)11-3-2-4-13(20)5-11/h2-9H,1H3. The van der Waals surface area contributed by atoms with Crippen molar-refractivity contribution in [3.8, 4) is 34.1 Å². The highest BCUT2D eigenvalue weighted by atomic mass is 35.5. The minimum absolute atomic E-state index is 0.126. The molecular weight excluding hydrogens is 374 g/mol. The van der Waals surface area contributed by atoms with Gasteiger partial charge in [-0.25, -0.2) is 13.8 Å². The first kappa shape index (κ1) is 17.2. The molecule has 0 fully saturated rings. The molecule has 134 valence electrons. The second-order valence-electron chi connectivity index (χ2n) is 5.78. The number of hydrogen-bond acceptors (Lipinski definition) is 5. The van der Waals surface area contributed by atoms with Crippen molar-refractivity contribution in [3.63, 3.8) is 0 Å². The number of aryl methyl sites for hydroxylation is 1. The zero-order valence-corrected chi connectivity index (χ0v) is 14.7. The zero-order chi connectivity index (χ0) is 19.0. The van der Waals surface area contributed by atoms with Crippen LogP contribution in [0.5, 0.6) is 0 Å². The number of benzene rings is 1. The van der Waals surface area contributed by atoms with E-state index >= 15 is 0 Å². The fourth-order valence-corrected chi connectivity index (χ4v) is 2.80. The van der Waals surface area contributed by atoms with Crippen molar-refractivity contribution in [2.75, 3.05) is 0 Å². The third kappa shape index (κ3) is 3.41.